The number of epoxide rings is 1. The van der Waals surface area contributed by atoms with E-state index in [0.29, 0.717) is 6.10 Å². The third-order valence-electron chi connectivity index (χ3n) is 2.38. The summed E-state index contributed by atoms with van der Waals surface area (Å²) in [6.45, 7) is 0.971. The summed E-state index contributed by atoms with van der Waals surface area (Å²) < 4.78 is 5.17. The predicted molar refractivity (Wildman–Crippen MR) is 54.0 cm³/mol. The number of hydrogen-bond donors (Lipinski definition) is 0. The van der Waals surface area contributed by atoms with Gasteiger partial charge >= 0.3 is 0 Å². The molecule has 0 aliphatic carbocycles. The SMILES string of the molecule is [Si]Cc1ccc(CCC2CO2)cc1. The van der Waals surface area contributed by atoms with E-state index < -0.39 is 0 Å². The quantitative estimate of drug-likeness (QED) is 0.518. The molecule has 1 aromatic rings. The highest BCUT2D eigenvalue weighted by molar-refractivity contribution is 6.08. The first kappa shape index (κ1) is 8.97. The largest absolute Gasteiger partial charge is 0.373 e. The van der Waals surface area contributed by atoms with Crippen molar-refractivity contribution < 1.29 is 4.74 Å². The van der Waals surface area contributed by atoms with Gasteiger partial charge in [0.25, 0.3) is 0 Å². The van der Waals surface area contributed by atoms with E-state index in [1.807, 2.05) is 0 Å². The molecule has 0 amide bonds. The Morgan fingerprint density at radius 1 is 1.23 bits per heavy atom. The van der Waals surface area contributed by atoms with Crippen molar-refractivity contribution in [1.82, 2.24) is 0 Å². The van der Waals surface area contributed by atoms with Crippen LogP contribution in [-0.4, -0.2) is 23.0 Å². The first-order valence-electron chi connectivity index (χ1n) is 4.72. The fraction of sp³-hybridized carbons (Fsp3) is 0.455. The lowest BCUT2D eigenvalue weighted by molar-refractivity contribution is 0.397. The summed E-state index contributed by atoms with van der Waals surface area (Å²) in [6, 6.07) is 9.70. The maximum Gasteiger partial charge on any atom is 0.0813 e. The average Bonchev–Trinajstić information content (AvgIpc) is 2.99. The van der Waals surface area contributed by atoms with E-state index in [4.69, 9.17) is 4.74 Å². The van der Waals surface area contributed by atoms with Crippen molar-refractivity contribution in [2.75, 3.05) is 6.61 Å². The standard InChI is InChI=1S/C11H13OSi/c13-8-10-3-1-9(2-4-10)5-6-11-7-12-11/h1-4,11H,5-8H2. The van der Waals surface area contributed by atoms with Gasteiger partial charge in [-0.05, 0) is 24.4 Å². The van der Waals surface area contributed by atoms with Crippen molar-refractivity contribution in [3.63, 3.8) is 0 Å². The van der Waals surface area contributed by atoms with Crippen LogP contribution in [0, 0.1) is 0 Å². The van der Waals surface area contributed by atoms with Crippen molar-refractivity contribution in [3.8, 4) is 0 Å². The third-order valence-corrected chi connectivity index (χ3v) is 2.79. The molecular formula is C11H13OSi. The second-order valence-electron chi connectivity index (χ2n) is 3.49. The van der Waals surface area contributed by atoms with Crippen LogP contribution >= 0.6 is 0 Å². The number of hydrogen-bond acceptors (Lipinski definition) is 1. The summed E-state index contributed by atoms with van der Waals surface area (Å²) in [7, 11) is 3.48. The van der Waals surface area contributed by atoms with Crippen LogP contribution in [0.25, 0.3) is 0 Å². The lowest BCUT2D eigenvalue weighted by Gasteiger charge is -2.00. The molecule has 2 heteroatoms. The third kappa shape index (κ3) is 2.67. The Hall–Kier alpha value is -0.603. The van der Waals surface area contributed by atoms with Crippen LogP contribution in [-0.2, 0) is 17.2 Å². The van der Waals surface area contributed by atoms with Gasteiger partial charge in [0.2, 0.25) is 0 Å². The highest BCUT2D eigenvalue weighted by atomic mass is 28.1. The zero-order valence-electron chi connectivity index (χ0n) is 7.62. The van der Waals surface area contributed by atoms with Gasteiger partial charge in [-0.25, -0.2) is 0 Å². The molecule has 67 valence electrons. The zero-order chi connectivity index (χ0) is 9.10. The van der Waals surface area contributed by atoms with Gasteiger partial charge in [0.1, 0.15) is 0 Å². The first-order valence-corrected chi connectivity index (χ1v) is 5.43. The fourth-order valence-corrected chi connectivity index (χ4v) is 1.62. The highest BCUT2D eigenvalue weighted by Crippen LogP contribution is 2.16. The van der Waals surface area contributed by atoms with Gasteiger partial charge in [-0.1, -0.05) is 29.8 Å². The smallest absolute Gasteiger partial charge is 0.0813 e. The molecule has 0 spiro atoms. The summed E-state index contributed by atoms with van der Waals surface area (Å²) in [6.07, 6.45) is 2.87. The number of benzene rings is 1. The van der Waals surface area contributed by atoms with Gasteiger partial charge < -0.3 is 4.74 Å². The maximum absolute atomic E-state index is 5.17. The molecule has 1 aliphatic rings. The molecule has 2 rings (SSSR count). The molecule has 1 heterocycles. The van der Waals surface area contributed by atoms with E-state index in [0.717, 1.165) is 19.1 Å². The Kier molecular flexibility index (Phi) is 2.81. The Morgan fingerprint density at radius 2 is 1.85 bits per heavy atom. The molecule has 1 aromatic carbocycles. The van der Waals surface area contributed by atoms with Crippen LogP contribution in [0.2, 0.25) is 0 Å². The number of rotatable bonds is 4. The summed E-state index contributed by atoms with van der Waals surface area (Å²) in [4.78, 5) is 0. The molecule has 0 bridgehead atoms. The first-order chi connectivity index (χ1) is 6.38. The van der Waals surface area contributed by atoms with E-state index >= 15 is 0 Å². The van der Waals surface area contributed by atoms with Gasteiger partial charge in [-0.3, -0.25) is 0 Å². The molecule has 1 unspecified atom stereocenters. The lowest BCUT2D eigenvalue weighted by atomic mass is 10.1. The normalized spacial score (nSPS) is 20.2. The molecule has 1 atom stereocenters. The second kappa shape index (κ2) is 4.07. The van der Waals surface area contributed by atoms with Crippen LogP contribution in [0.5, 0.6) is 0 Å². The van der Waals surface area contributed by atoms with Crippen LogP contribution < -0.4 is 0 Å². The van der Waals surface area contributed by atoms with Crippen LogP contribution in [0.15, 0.2) is 24.3 Å². The Bertz CT molecular complexity index is 264. The van der Waals surface area contributed by atoms with E-state index in [-0.39, 0.29) is 0 Å². The molecule has 1 fully saturated rings. The van der Waals surface area contributed by atoms with Gasteiger partial charge in [0, 0.05) is 10.2 Å². The van der Waals surface area contributed by atoms with Gasteiger partial charge in [0.05, 0.1) is 12.7 Å². The molecule has 13 heavy (non-hydrogen) atoms. The van der Waals surface area contributed by atoms with Crippen LogP contribution in [0.3, 0.4) is 0 Å². The van der Waals surface area contributed by atoms with Crippen molar-refractivity contribution in [1.29, 1.82) is 0 Å². The summed E-state index contributed by atoms with van der Waals surface area (Å²) >= 11 is 0. The molecule has 1 aliphatic heterocycles. The van der Waals surface area contributed by atoms with Gasteiger partial charge in [-0.15, -0.1) is 0 Å². The maximum atomic E-state index is 5.17. The van der Waals surface area contributed by atoms with E-state index in [1.54, 1.807) is 0 Å². The second-order valence-corrected chi connectivity index (χ2v) is 3.84. The molecule has 0 N–H and O–H groups in total. The van der Waals surface area contributed by atoms with Gasteiger partial charge in [0.15, 0.2) is 0 Å². The van der Waals surface area contributed by atoms with Crippen molar-refractivity contribution in [2.24, 2.45) is 0 Å². The number of aryl methyl sites for hydroxylation is 1. The minimum absolute atomic E-state index is 0.551. The molecule has 0 saturated carbocycles. The monoisotopic (exact) mass is 189 g/mol. The minimum Gasteiger partial charge on any atom is -0.373 e. The van der Waals surface area contributed by atoms with E-state index in [1.165, 1.54) is 17.5 Å². The Balaban J connectivity index is 1.88. The molecule has 3 radical (unpaired) electrons. The molecule has 1 nitrogen and oxygen atoms in total. The topological polar surface area (TPSA) is 12.5 Å². The zero-order valence-corrected chi connectivity index (χ0v) is 8.62. The van der Waals surface area contributed by atoms with Crippen molar-refractivity contribution >= 4 is 10.2 Å². The molecular weight excluding hydrogens is 176 g/mol. The molecule has 1 saturated heterocycles. The van der Waals surface area contributed by atoms with Gasteiger partial charge in [-0.2, -0.15) is 0 Å². The fourth-order valence-electron chi connectivity index (χ4n) is 1.39. The Morgan fingerprint density at radius 3 is 2.38 bits per heavy atom. The lowest BCUT2D eigenvalue weighted by Crippen LogP contribution is -1.91. The van der Waals surface area contributed by atoms with Crippen LogP contribution in [0.1, 0.15) is 17.5 Å². The minimum atomic E-state index is 0.551. The van der Waals surface area contributed by atoms with Crippen LogP contribution in [0.4, 0.5) is 0 Å². The summed E-state index contributed by atoms with van der Waals surface area (Å²) in [5.41, 5.74) is 2.75. The van der Waals surface area contributed by atoms with E-state index in [2.05, 4.69) is 34.5 Å². The number of ether oxygens (including phenoxy) is 1. The summed E-state index contributed by atoms with van der Waals surface area (Å²) in [5, 5.41) is 0. The average molecular weight is 189 g/mol. The predicted octanol–water partition coefficient (Wildman–Crippen LogP) is 1.69. The van der Waals surface area contributed by atoms with Crippen molar-refractivity contribution in [3.05, 3.63) is 35.4 Å². The molecule has 0 aromatic heterocycles. The Labute approximate surface area is 82.5 Å². The highest BCUT2D eigenvalue weighted by Gasteiger charge is 2.21. The van der Waals surface area contributed by atoms with E-state index in [9.17, 15) is 0 Å². The summed E-state index contributed by atoms with van der Waals surface area (Å²) in [5.74, 6) is 0. The van der Waals surface area contributed by atoms with Crippen molar-refractivity contribution in [2.45, 2.75) is 25.0 Å².